The highest BCUT2D eigenvalue weighted by atomic mass is 32.1. The molecule has 0 fully saturated rings. The molecule has 0 bridgehead atoms. The maximum atomic E-state index is 6.38. The number of hydrazone groups is 1. The summed E-state index contributed by atoms with van der Waals surface area (Å²) in [4.78, 5) is 1.16. The monoisotopic (exact) mass is 376 g/mol. The van der Waals surface area contributed by atoms with E-state index in [0.29, 0.717) is 6.61 Å². The fraction of sp³-hybridized carbons (Fsp3) is 0.227. The zero-order valence-corrected chi connectivity index (χ0v) is 15.9. The van der Waals surface area contributed by atoms with Crippen LogP contribution >= 0.6 is 11.3 Å². The zero-order chi connectivity index (χ0) is 18.2. The maximum Gasteiger partial charge on any atom is 0.222 e. The van der Waals surface area contributed by atoms with Crippen molar-refractivity contribution in [3.63, 3.8) is 0 Å². The van der Waals surface area contributed by atoms with Crippen LogP contribution in [0.4, 0.5) is 0 Å². The Morgan fingerprint density at radius 1 is 1.15 bits per heavy atom. The van der Waals surface area contributed by atoms with Crippen molar-refractivity contribution in [3.05, 3.63) is 82.0 Å². The molecule has 3 heterocycles. The van der Waals surface area contributed by atoms with Crippen LogP contribution in [0.1, 0.15) is 41.6 Å². The molecule has 136 valence electrons. The standard InChI is InChI=1S/C22H20N2O2S/c1-2-25-16-10-11-20-17(13-16)19-14-18(15-7-4-3-5-8-15)23-24(19)22(26-20)21-9-6-12-27-21/h3-13,19,22H,2,14H2,1H3/t19-,22+/m1/s1. The molecule has 27 heavy (non-hydrogen) atoms. The quantitative estimate of drug-likeness (QED) is 0.612. The van der Waals surface area contributed by atoms with Gasteiger partial charge in [-0.1, -0.05) is 36.4 Å². The lowest BCUT2D eigenvalue weighted by atomic mass is 9.96. The van der Waals surface area contributed by atoms with Crippen LogP contribution in [0, 0.1) is 0 Å². The number of hydrogen-bond donors (Lipinski definition) is 0. The first-order valence-corrected chi connectivity index (χ1v) is 10.1. The minimum Gasteiger partial charge on any atom is -0.494 e. The Morgan fingerprint density at radius 3 is 2.81 bits per heavy atom. The van der Waals surface area contributed by atoms with Crippen molar-refractivity contribution in [3.8, 4) is 11.5 Å². The van der Waals surface area contributed by atoms with Crippen LogP contribution < -0.4 is 9.47 Å². The molecular weight excluding hydrogens is 356 g/mol. The van der Waals surface area contributed by atoms with Crippen molar-refractivity contribution in [2.75, 3.05) is 6.61 Å². The molecule has 0 radical (unpaired) electrons. The number of ether oxygens (including phenoxy) is 2. The van der Waals surface area contributed by atoms with Crippen molar-refractivity contribution in [2.45, 2.75) is 25.6 Å². The Morgan fingerprint density at radius 2 is 2.04 bits per heavy atom. The van der Waals surface area contributed by atoms with Crippen LogP contribution in [0.2, 0.25) is 0 Å². The van der Waals surface area contributed by atoms with Gasteiger partial charge in [-0.3, -0.25) is 0 Å². The molecule has 0 saturated heterocycles. The normalized spacial score (nSPS) is 20.5. The highest BCUT2D eigenvalue weighted by Gasteiger charge is 2.41. The van der Waals surface area contributed by atoms with E-state index in [2.05, 4.69) is 52.9 Å². The summed E-state index contributed by atoms with van der Waals surface area (Å²) in [6.45, 7) is 2.65. The van der Waals surface area contributed by atoms with Gasteiger partial charge >= 0.3 is 0 Å². The Balaban J connectivity index is 1.58. The topological polar surface area (TPSA) is 34.1 Å². The summed E-state index contributed by atoms with van der Waals surface area (Å²) in [6, 6.07) is 20.8. The first kappa shape index (κ1) is 16.4. The summed E-state index contributed by atoms with van der Waals surface area (Å²) >= 11 is 1.70. The molecule has 2 aliphatic rings. The van der Waals surface area contributed by atoms with Gasteiger partial charge in [-0.2, -0.15) is 5.10 Å². The van der Waals surface area contributed by atoms with Crippen LogP contribution in [0.15, 0.2) is 71.1 Å². The lowest BCUT2D eigenvalue weighted by molar-refractivity contribution is -0.0167. The SMILES string of the molecule is CCOc1ccc2c(c1)[C@H]1CC(c3ccccc3)=NN1[C@H](c1cccs1)O2. The third-order valence-corrected chi connectivity index (χ3v) is 5.87. The van der Waals surface area contributed by atoms with E-state index in [-0.39, 0.29) is 12.3 Å². The number of rotatable bonds is 4. The highest BCUT2D eigenvalue weighted by molar-refractivity contribution is 7.10. The van der Waals surface area contributed by atoms with Gasteiger partial charge < -0.3 is 9.47 Å². The molecular formula is C22H20N2O2S. The first-order valence-electron chi connectivity index (χ1n) is 9.21. The number of hydrogen-bond acceptors (Lipinski definition) is 5. The summed E-state index contributed by atoms with van der Waals surface area (Å²) in [6.07, 6.45) is 0.666. The van der Waals surface area contributed by atoms with E-state index in [0.717, 1.165) is 34.1 Å². The van der Waals surface area contributed by atoms with Crippen LogP contribution in [-0.4, -0.2) is 17.3 Å². The summed E-state index contributed by atoms with van der Waals surface area (Å²) in [5, 5.41) is 9.18. The first-order chi connectivity index (χ1) is 13.3. The Hall–Kier alpha value is -2.79. The molecule has 3 aromatic rings. The van der Waals surface area contributed by atoms with Gasteiger partial charge in [0.1, 0.15) is 11.5 Å². The van der Waals surface area contributed by atoms with Gasteiger partial charge in [0.05, 0.1) is 23.2 Å². The van der Waals surface area contributed by atoms with Gasteiger partial charge in [-0.25, -0.2) is 5.01 Å². The lowest BCUT2D eigenvalue weighted by Gasteiger charge is -2.37. The van der Waals surface area contributed by atoms with Gasteiger partial charge in [-0.15, -0.1) is 11.3 Å². The molecule has 2 atom stereocenters. The van der Waals surface area contributed by atoms with E-state index in [1.165, 1.54) is 5.56 Å². The molecule has 5 rings (SSSR count). The molecule has 0 aliphatic carbocycles. The fourth-order valence-electron chi connectivity index (χ4n) is 3.75. The molecule has 0 unspecified atom stereocenters. The van der Waals surface area contributed by atoms with Crippen molar-refractivity contribution in [2.24, 2.45) is 5.10 Å². The molecule has 0 spiro atoms. The van der Waals surface area contributed by atoms with Crippen LogP contribution in [-0.2, 0) is 0 Å². The van der Waals surface area contributed by atoms with Crippen LogP contribution in [0.3, 0.4) is 0 Å². The molecule has 4 nitrogen and oxygen atoms in total. The summed E-state index contributed by atoms with van der Waals surface area (Å²) < 4.78 is 12.1. The zero-order valence-electron chi connectivity index (χ0n) is 15.0. The van der Waals surface area contributed by atoms with Gasteiger partial charge in [0, 0.05) is 12.0 Å². The van der Waals surface area contributed by atoms with E-state index in [1.54, 1.807) is 11.3 Å². The average molecular weight is 376 g/mol. The van der Waals surface area contributed by atoms with Crippen molar-refractivity contribution < 1.29 is 9.47 Å². The predicted molar refractivity (Wildman–Crippen MR) is 107 cm³/mol. The number of nitrogens with zero attached hydrogens (tertiary/aromatic N) is 2. The third-order valence-electron chi connectivity index (χ3n) is 4.97. The van der Waals surface area contributed by atoms with Gasteiger partial charge in [-0.05, 0) is 42.1 Å². The minimum atomic E-state index is -0.193. The molecule has 0 saturated carbocycles. The highest BCUT2D eigenvalue weighted by Crippen LogP contribution is 2.49. The van der Waals surface area contributed by atoms with Crippen molar-refractivity contribution in [1.82, 2.24) is 5.01 Å². The van der Waals surface area contributed by atoms with Crippen molar-refractivity contribution in [1.29, 1.82) is 0 Å². The smallest absolute Gasteiger partial charge is 0.222 e. The van der Waals surface area contributed by atoms with Gasteiger partial charge in [0.2, 0.25) is 6.23 Å². The average Bonchev–Trinajstić information content (AvgIpc) is 3.39. The van der Waals surface area contributed by atoms with Gasteiger partial charge in [0.25, 0.3) is 0 Å². The number of thiophene rings is 1. The second-order valence-electron chi connectivity index (χ2n) is 6.63. The molecule has 1 aromatic heterocycles. The Bertz CT molecular complexity index is 969. The molecule has 2 aliphatic heterocycles. The minimum absolute atomic E-state index is 0.150. The second kappa shape index (κ2) is 6.74. The van der Waals surface area contributed by atoms with Crippen LogP contribution in [0.25, 0.3) is 0 Å². The second-order valence-corrected chi connectivity index (χ2v) is 7.61. The largest absolute Gasteiger partial charge is 0.494 e. The van der Waals surface area contributed by atoms with E-state index in [1.807, 2.05) is 25.1 Å². The maximum absolute atomic E-state index is 6.38. The Labute approximate surface area is 162 Å². The third kappa shape index (κ3) is 2.88. The fourth-order valence-corrected chi connectivity index (χ4v) is 4.49. The molecule has 5 heteroatoms. The molecule has 2 aromatic carbocycles. The summed E-state index contributed by atoms with van der Waals surface area (Å²) in [5.41, 5.74) is 3.41. The number of benzene rings is 2. The van der Waals surface area contributed by atoms with E-state index in [4.69, 9.17) is 14.6 Å². The van der Waals surface area contributed by atoms with E-state index >= 15 is 0 Å². The summed E-state index contributed by atoms with van der Waals surface area (Å²) in [5.74, 6) is 1.80. The molecule has 0 amide bonds. The lowest BCUT2D eigenvalue weighted by Crippen LogP contribution is -2.33. The predicted octanol–water partition coefficient (Wildman–Crippen LogP) is 5.39. The molecule has 0 N–H and O–H groups in total. The Kier molecular flexibility index (Phi) is 4.09. The summed E-state index contributed by atoms with van der Waals surface area (Å²) in [7, 11) is 0. The number of fused-ring (bicyclic) bond motifs is 3. The van der Waals surface area contributed by atoms with Gasteiger partial charge in [0.15, 0.2) is 0 Å². The van der Waals surface area contributed by atoms with Crippen molar-refractivity contribution >= 4 is 17.0 Å². The van der Waals surface area contributed by atoms with E-state index < -0.39 is 0 Å². The van der Waals surface area contributed by atoms with Crippen LogP contribution in [0.5, 0.6) is 11.5 Å². The van der Waals surface area contributed by atoms with E-state index in [9.17, 15) is 0 Å².